The maximum absolute atomic E-state index is 12.0. The summed E-state index contributed by atoms with van der Waals surface area (Å²) in [5, 5.41) is 0. The Morgan fingerprint density at radius 3 is 1.83 bits per heavy atom. The Balaban J connectivity index is 0.000000177. The standard InChI is InChI=1S/C13H19N3O.C10H14N2O/c1-4-16-11(12(17)7-8-15(2)3)9-14-13(16)10-5-6-10;1-3-12-9(7(2)13)6-11-10(12)8-4-5-8/h7-10H,4-6H2,1-3H3;6,8H,3-5H2,1-2H3. The maximum atomic E-state index is 12.0. The lowest BCUT2D eigenvalue weighted by Crippen LogP contribution is -2.10. The largest absolute Gasteiger partial charge is 0.383 e. The van der Waals surface area contributed by atoms with Gasteiger partial charge in [-0.25, -0.2) is 9.97 Å². The van der Waals surface area contributed by atoms with E-state index in [2.05, 4.69) is 23.8 Å². The number of carbonyl (C=O) groups is 2. The van der Waals surface area contributed by atoms with Gasteiger partial charge in [-0.2, -0.15) is 0 Å². The van der Waals surface area contributed by atoms with Gasteiger partial charge in [-0.3, -0.25) is 9.59 Å². The Hall–Kier alpha value is -2.70. The third-order valence-electron chi connectivity index (χ3n) is 5.43. The molecule has 2 aliphatic rings. The average molecular weight is 412 g/mol. The highest BCUT2D eigenvalue weighted by Gasteiger charge is 2.30. The van der Waals surface area contributed by atoms with Crippen molar-refractivity contribution >= 4 is 11.6 Å². The number of carbonyl (C=O) groups excluding carboxylic acids is 2. The lowest BCUT2D eigenvalue weighted by atomic mass is 10.3. The van der Waals surface area contributed by atoms with E-state index in [1.54, 1.807) is 31.6 Å². The number of hydrogen-bond acceptors (Lipinski definition) is 5. The first-order chi connectivity index (χ1) is 14.4. The molecule has 7 heteroatoms. The minimum absolute atomic E-state index is 0.0277. The molecule has 0 spiro atoms. The third kappa shape index (κ3) is 5.07. The van der Waals surface area contributed by atoms with Gasteiger partial charge in [-0.05, 0) is 39.5 Å². The van der Waals surface area contributed by atoms with Crippen LogP contribution >= 0.6 is 0 Å². The zero-order valence-corrected chi connectivity index (χ0v) is 18.8. The number of imidazole rings is 2. The molecule has 2 saturated carbocycles. The number of allylic oxidation sites excluding steroid dienone is 1. The second-order valence-corrected chi connectivity index (χ2v) is 8.24. The predicted octanol–water partition coefficient (Wildman–Crippen LogP) is 4.02. The summed E-state index contributed by atoms with van der Waals surface area (Å²) < 4.78 is 4.08. The highest BCUT2D eigenvalue weighted by molar-refractivity contribution is 6.03. The first-order valence-electron chi connectivity index (χ1n) is 10.9. The van der Waals surface area contributed by atoms with Crippen LogP contribution in [0.1, 0.15) is 90.9 Å². The summed E-state index contributed by atoms with van der Waals surface area (Å²) in [6.45, 7) is 7.36. The molecule has 0 N–H and O–H groups in total. The molecular formula is C23H33N5O2. The van der Waals surface area contributed by atoms with Gasteiger partial charge in [-0.1, -0.05) is 0 Å². The van der Waals surface area contributed by atoms with E-state index in [1.807, 2.05) is 28.1 Å². The van der Waals surface area contributed by atoms with Gasteiger partial charge >= 0.3 is 0 Å². The van der Waals surface area contributed by atoms with Gasteiger partial charge in [0.05, 0.1) is 12.4 Å². The van der Waals surface area contributed by atoms with Gasteiger partial charge in [0.1, 0.15) is 23.0 Å². The highest BCUT2D eigenvalue weighted by atomic mass is 16.1. The molecule has 4 rings (SSSR count). The van der Waals surface area contributed by atoms with Crippen molar-refractivity contribution in [3.63, 3.8) is 0 Å². The van der Waals surface area contributed by atoms with Crippen molar-refractivity contribution in [1.29, 1.82) is 0 Å². The van der Waals surface area contributed by atoms with E-state index in [0.29, 0.717) is 17.5 Å². The summed E-state index contributed by atoms with van der Waals surface area (Å²) in [6.07, 6.45) is 11.7. The number of hydrogen-bond donors (Lipinski definition) is 0. The quantitative estimate of drug-likeness (QED) is 0.484. The molecule has 0 aliphatic heterocycles. The molecule has 2 fully saturated rings. The molecule has 0 amide bonds. The molecule has 162 valence electrons. The first-order valence-corrected chi connectivity index (χ1v) is 10.9. The van der Waals surface area contributed by atoms with Crippen LogP contribution in [0.3, 0.4) is 0 Å². The lowest BCUT2D eigenvalue weighted by Gasteiger charge is -2.07. The topological polar surface area (TPSA) is 73.0 Å². The van der Waals surface area contributed by atoms with E-state index >= 15 is 0 Å². The van der Waals surface area contributed by atoms with E-state index in [0.717, 1.165) is 30.4 Å². The molecule has 0 unspecified atom stereocenters. The Morgan fingerprint density at radius 2 is 1.43 bits per heavy atom. The summed E-state index contributed by atoms with van der Waals surface area (Å²) in [5.74, 6) is 3.52. The van der Waals surface area contributed by atoms with Crippen molar-refractivity contribution in [2.45, 2.75) is 71.4 Å². The van der Waals surface area contributed by atoms with Crippen molar-refractivity contribution in [2.24, 2.45) is 0 Å². The lowest BCUT2D eigenvalue weighted by molar-refractivity contribution is 0.100. The zero-order chi connectivity index (χ0) is 21.8. The van der Waals surface area contributed by atoms with Crippen molar-refractivity contribution < 1.29 is 9.59 Å². The minimum Gasteiger partial charge on any atom is -0.383 e. The second-order valence-electron chi connectivity index (χ2n) is 8.24. The number of ketones is 2. The molecule has 2 aromatic heterocycles. The predicted molar refractivity (Wildman–Crippen MR) is 117 cm³/mol. The molecular weight excluding hydrogens is 378 g/mol. The summed E-state index contributed by atoms with van der Waals surface area (Å²) in [4.78, 5) is 33.8. The fourth-order valence-corrected chi connectivity index (χ4v) is 3.56. The van der Waals surface area contributed by atoms with Gasteiger partial charge < -0.3 is 14.0 Å². The van der Waals surface area contributed by atoms with Crippen LogP contribution in [-0.2, 0) is 13.1 Å². The monoisotopic (exact) mass is 411 g/mol. The van der Waals surface area contributed by atoms with Crippen molar-refractivity contribution in [3.05, 3.63) is 47.7 Å². The van der Waals surface area contributed by atoms with Crippen molar-refractivity contribution in [2.75, 3.05) is 14.1 Å². The Bertz CT molecular complexity index is 930. The van der Waals surface area contributed by atoms with Crippen LogP contribution in [-0.4, -0.2) is 49.7 Å². The normalized spacial score (nSPS) is 15.8. The highest BCUT2D eigenvalue weighted by Crippen LogP contribution is 2.40. The van der Waals surface area contributed by atoms with Crippen LogP contribution < -0.4 is 0 Å². The zero-order valence-electron chi connectivity index (χ0n) is 18.8. The van der Waals surface area contributed by atoms with Crippen molar-refractivity contribution in [3.8, 4) is 0 Å². The van der Waals surface area contributed by atoms with E-state index in [-0.39, 0.29) is 11.6 Å². The maximum Gasteiger partial charge on any atom is 0.205 e. The van der Waals surface area contributed by atoms with E-state index < -0.39 is 0 Å². The smallest absolute Gasteiger partial charge is 0.205 e. The first kappa shape index (κ1) is 22.0. The van der Waals surface area contributed by atoms with E-state index in [1.165, 1.54) is 25.7 Å². The molecule has 2 heterocycles. The number of Topliss-reactive ketones (excluding diaryl/α,β-unsaturated/α-hetero) is 1. The summed E-state index contributed by atoms with van der Waals surface area (Å²) >= 11 is 0. The van der Waals surface area contributed by atoms with Crippen molar-refractivity contribution in [1.82, 2.24) is 24.0 Å². The molecule has 0 aromatic carbocycles. The fourth-order valence-electron chi connectivity index (χ4n) is 3.56. The van der Waals surface area contributed by atoms with Gasteiger partial charge in [0.2, 0.25) is 5.78 Å². The van der Waals surface area contributed by atoms with Gasteiger partial charge in [0.15, 0.2) is 5.78 Å². The van der Waals surface area contributed by atoms with Crippen LogP contribution in [0.5, 0.6) is 0 Å². The summed E-state index contributed by atoms with van der Waals surface area (Å²) in [7, 11) is 3.80. The molecule has 30 heavy (non-hydrogen) atoms. The van der Waals surface area contributed by atoms with Crippen LogP contribution in [0.25, 0.3) is 0 Å². The average Bonchev–Trinajstić information content (AvgIpc) is 3.66. The molecule has 7 nitrogen and oxygen atoms in total. The molecule has 0 bridgehead atoms. The fraction of sp³-hybridized carbons (Fsp3) is 0.565. The SMILES string of the molecule is CCn1c(C(=O)C=CN(C)C)cnc1C1CC1.CCn1c(C(C)=O)cnc1C1CC1. The Kier molecular flexibility index (Phi) is 6.90. The Labute approximate surface area is 178 Å². The number of aromatic nitrogens is 4. The number of nitrogens with zero attached hydrogens (tertiary/aromatic N) is 5. The second kappa shape index (κ2) is 9.41. The third-order valence-corrected chi connectivity index (χ3v) is 5.43. The van der Waals surface area contributed by atoms with Gasteiger partial charge in [0.25, 0.3) is 0 Å². The molecule has 2 aromatic rings. The minimum atomic E-state index is 0.0277. The van der Waals surface area contributed by atoms with Crippen LogP contribution in [0.15, 0.2) is 24.7 Å². The Morgan fingerprint density at radius 1 is 0.967 bits per heavy atom. The van der Waals surface area contributed by atoms with Gasteiger partial charge in [0, 0.05) is 58.2 Å². The van der Waals surface area contributed by atoms with E-state index in [4.69, 9.17) is 0 Å². The molecule has 0 radical (unpaired) electrons. The number of rotatable bonds is 8. The van der Waals surface area contributed by atoms with Crippen LogP contribution in [0.4, 0.5) is 0 Å². The van der Waals surface area contributed by atoms with E-state index in [9.17, 15) is 9.59 Å². The van der Waals surface area contributed by atoms with Gasteiger partial charge in [-0.15, -0.1) is 0 Å². The summed E-state index contributed by atoms with van der Waals surface area (Å²) in [5.41, 5.74) is 1.46. The summed E-state index contributed by atoms with van der Waals surface area (Å²) in [6, 6.07) is 0. The van der Waals surface area contributed by atoms with Crippen LogP contribution in [0, 0.1) is 0 Å². The molecule has 0 atom stereocenters. The molecule has 0 saturated heterocycles. The van der Waals surface area contributed by atoms with Crippen LogP contribution in [0.2, 0.25) is 0 Å². The molecule has 2 aliphatic carbocycles.